The van der Waals surface area contributed by atoms with Gasteiger partial charge in [0.2, 0.25) is 0 Å². The Kier molecular flexibility index (Phi) is 3.15. The Balaban J connectivity index is 1.67. The molecule has 2 aliphatic carbocycles. The highest BCUT2D eigenvalue weighted by molar-refractivity contribution is 7.05. The molecule has 0 radical (unpaired) electrons. The Morgan fingerprint density at radius 1 is 0.767 bits per heavy atom. The Morgan fingerprint density at radius 3 is 2.47 bits per heavy atom. The van der Waals surface area contributed by atoms with Crippen LogP contribution in [0, 0.1) is 0 Å². The van der Waals surface area contributed by atoms with Crippen molar-refractivity contribution in [3.8, 4) is 22.3 Å². The van der Waals surface area contributed by atoms with E-state index in [1.807, 2.05) is 0 Å². The minimum atomic E-state index is -1.75. The van der Waals surface area contributed by atoms with Gasteiger partial charge in [-0.2, -0.15) is 0 Å². The van der Waals surface area contributed by atoms with Gasteiger partial charge in [-0.25, -0.2) is 0 Å². The molecule has 30 heavy (non-hydrogen) atoms. The molecule has 0 bridgehead atoms. The normalized spacial score (nSPS) is 16.7. The number of allylic oxidation sites excluding steroid dienone is 1. The molecule has 0 spiro atoms. The molecule has 1 heterocycles. The summed E-state index contributed by atoms with van der Waals surface area (Å²) in [7, 11) is -1.75. The standard InChI is InChI=1S/C29H24Si/c1-30(2)27-14-8-7-13-23(27)28-22-12-6-5-11-21(22)25-16-19-15-18-9-3-4-10-20(18)24(19)17-26(25)29(28)30/h3-5,7-11,13-14,16-17H,6,12,15H2,1-2H3. The minimum Gasteiger partial charge on any atom is -0.0836 e. The van der Waals surface area contributed by atoms with Crippen molar-refractivity contribution in [2.45, 2.75) is 32.4 Å². The third kappa shape index (κ3) is 1.97. The molecule has 0 saturated carbocycles. The third-order valence-electron chi connectivity index (χ3n) is 7.71. The second-order valence-corrected chi connectivity index (χ2v) is 13.9. The molecule has 0 amide bonds. The van der Waals surface area contributed by atoms with Gasteiger partial charge in [-0.1, -0.05) is 73.8 Å². The molecule has 1 heteroatoms. The van der Waals surface area contributed by atoms with Crippen LogP contribution >= 0.6 is 0 Å². The van der Waals surface area contributed by atoms with Crippen LogP contribution in [-0.4, -0.2) is 8.07 Å². The van der Waals surface area contributed by atoms with Crippen LogP contribution in [-0.2, 0) is 12.8 Å². The van der Waals surface area contributed by atoms with Gasteiger partial charge in [0.1, 0.15) is 8.07 Å². The van der Waals surface area contributed by atoms with E-state index in [2.05, 4.69) is 85.9 Å². The second-order valence-electron chi connectivity index (χ2n) is 9.64. The number of hydrogen-bond donors (Lipinski definition) is 0. The van der Waals surface area contributed by atoms with Crippen molar-refractivity contribution >= 4 is 35.3 Å². The Bertz CT molecular complexity index is 1430. The van der Waals surface area contributed by atoms with E-state index in [1.165, 1.54) is 50.6 Å². The molecule has 144 valence electrons. The average molecular weight is 401 g/mol. The van der Waals surface area contributed by atoms with Crippen LogP contribution in [0.5, 0.6) is 0 Å². The first kappa shape index (κ1) is 16.8. The van der Waals surface area contributed by atoms with Crippen molar-refractivity contribution in [1.29, 1.82) is 0 Å². The molecule has 4 aromatic rings. The lowest BCUT2D eigenvalue weighted by Crippen LogP contribution is -2.49. The minimum absolute atomic E-state index is 1.07. The van der Waals surface area contributed by atoms with Gasteiger partial charge in [-0.15, -0.1) is 0 Å². The first-order valence-electron chi connectivity index (χ1n) is 11.2. The zero-order valence-electron chi connectivity index (χ0n) is 17.5. The van der Waals surface area contributed by atoms with Gasteiger partial charge in [0.05, 0.1) is 0 Å². The maximum atomic E-state index is 2.56. The van der Waals surface area contributed by atoms with Gasteiger partial charge in [-0.05, 0) is 97.0 Å². The van der Waals surface area contributed by atoms with E-state index in [9.17, 15) is 0 Å². The van der Waals surface area contributed by atoms with Crippen LogP contribution in [0.1, 0.15) is 28.7 Å². The lowest BCUT2D eigenvalue weighted by Gasteiger charge is -2.25. The number of hydrogen-bond acceptors (Lipinski definition) is 0. The predicted octanol–water partition coefficient (Wildman–Crippen LogP) is 6.17. The van der Waals surface area contributed by atoms with E-state index in [-0.39, 0.29) is 0 Å². The summed E-state index contributed by atoms with van der Waals surface area (Å²) in [6.45, 7) is 5.12. The van der Waals surface area contributed by atoms with Gasteiger partial charge < -0.3 is 0 Å². The average Bonchev–Trinajstić information content (AvgIpc) is 3.25. The fourth-order valence-corrected chi connectivity index (χ4v) is 9.86. The fraction of sp³-hybridized carbons (Fsp3) is 0.172. The molecule has 0 N–H and O–H groups in total. The predicted molar refractivity (Wildman–Crippen MR) is 132 cm³/mol. The molecular formula is C29H24Si. The molecule has 3 aliphatic rings. The molecule has 4 aromatic carbocycles. The molecule has 0 saturated heterocycles. The molecule has 7 rings (SSSR count). The summed E-state index contributed by atoms with van der Waals surface area (Å²) in [5, 5.41) is 6.29. The summed E-state index contributed by atoms with van der Waals surface area (Å²) < 4.78 is 0. The van der Waals surface area contributed by atoms with Crippen LogP contribution < -0.4 is 10.4 Å². The Hall–Kier alpha value is -2.90. The highest BCUT2D eigenvalue weighted by Crippen LogP contribution is 2.44. The van der Waals surface area contributed by atoms with Crippen LogP contribution in [0.25, 0.3) is 39.1 Å². The summed E-state index contributed by atoms with van der Waals surface area (Å²) in [6.07, 6.45) is 8.18. The Labute approximate surface area is 178 Å². The van der Waals surface area contributed by atoms with E-state index in [0.29, 0.717) is 0 Å². The van der Waals surface area contributed by atoms with Crippen molar-refractivity contribution in [3.05, 3.63) is 89.0 Å². The quantitative estimate of drug-likeness (QED) is 0.273. The summed E-state index contributed by atoms with van der Waals surface area (Å²) in [6, 6.07) is 23.3. The molecule has 0 nitrogen and oxygen atoms in total. The van der Waals surface area contributed by atoms with Gasteiger partial charge >= 0.3 is 0 Å². The zero-order valence-corrected chi connectivity index (χ0v) is 18.5. The SMILES string of the molecule is C[Si]1(C)c2ccccc2-c2c3c(c4cc5c(cc4c21)-c1ccccc1C5)C=CCC3. The van der Waals surface area contributed by atoms with Crippen LogP contribution in [0.15, 0.2) is 66.7 Å². The van der Waals surface area contributed by atoms with Crippen LogP contribution in [0.3, 0.4) is 0 Å². The van der Waals surface area contributed by atoms with Crippen LogP contribution in [0.4, 0.5) is 0 Å². The first-order valence-corrected chi connectivity index (χ1v) is 14.2. The van der Waals surface area contributed by atoms with E-state index in [1.54, 1.807) is 21.5 Å². The van der Waals surface area contributed by atoms with E-state index < -0.39 is 8.07 Å². The summed E-state index contributed by atoms with van der Waals surface area (Å²) >= 11 is 0. The Morgan fingerprint density at radius 2 is 1.57 bits per heavy atom. The monoisotopic (exact) mass is 400 g/mol. The number of rotatable bonds is 0. The van der Waals surface area contributed by atoms with E-state index in [4.69, 9.17) is 0 Å². The van der Waals surface area contributed by atoms with Gasteiger partial charge in [0, 0.05) is 0 Å². The second kappa shape index (κ2) is 5.62. The highest BCUT2D eigenvalue weighted by atomic mass is 28.3. The maximum absolute atomic E-state index is 2.56. The highest BCUT2D eigenvalue weighted by Gasteiger charge is 2.41. The molecular weight excluding hydrogens is 376 g/mol. The molecule has 0 atom stereocenters. The van der Waals surface area contributed by atoms with Gasteiger partial charge in [0.15, 0.2) is 0 Å². The smallest absolute Gasteiger partial charge is 0.0836 e. The van der Waals surface area contributed by atoms with E-state index >= 15 is 0 Å². The van der Waals surface area contributed by atoms with Crippen LogP contribution in [0.2, 0.25) is 13.1 Å². The lowest BCUT2D eigenvalue weighted by atomic mass is 9.84. The topological polar surface area (TPSA) is 0 Å². The van der Waals surface area contributed by atoms with Crippen molar-refractivity contribution < 1.29 is 0 Å². The van der Waals surface area contributed by atoms with Crippen molar-refractivity contribution in [1.82, 2.24) is 0 Å². The van der Waals surface area contributed by atoms with Crippen molar-refractivity contribution in [2.24, 2.45) is 0 Å². The zero-order chi connectivity index (χ0) is 20.0. The first-order chi connectivity index (χ1) is 14.6. The van der Waals surface area contributed by atoms with E-state index in [0.717, 1.165) is 12.8 Å². The summed E-state index contributed by atoms with van der Waals surface area (Å²) in [4.78, 5) is 0. The maximum Gasteiger partial charge on any atom is 0.114 e. The summed E-state index contributed by atoms with van der Waals surface area (Å²) in [5.41, 5.74) is 12.0. The van der Waals surface area contributed by atoms with Gasteiger partial charge in [0.25, 0.3) is 0 Å². The van der Waals surface area contributed by atoms with Gasteiger partial charge in [-0.3, -0.25) is 0 Å². The fourth-order valence-electron chi connectivity index (χ4n) is 6.40. The molecule has 1 aliphatic heterocycles. The largest absolute Gasteiger partial charge is 0.114 e. The number of benzene rings is 4. The molecule has 0 fully saturated rings. The summed E-state index contributed by atoms with van der Waals surface area (Å²) in [5.74, 6) is 0. The lowest BCUT2D eigenvalue weighted by molar-refractivity contribution is 0.993. The molecule has 0 unspecified atom stereocenters. The molecule has 0 aromatic heterocycles. The number of fused-ring (bicyclic) bond motifs is 11. The van der Waals surface area contributed by atoms with Crippen molar-refractivity contribution in [2.75, 3.05) is 0 Å². The van der Waals surface area contributed by atoms with Crippen molar-refractivity contribution in [3.63, 3.8) is 0 Å². The third-order valence-corrected chi connectivity index (χ3v) is 11.3.